The van der Waals surface area contributed by atoms with Crippen molar-refractivity contribution >= 4 is 158 Å². The monoisotopic (exact) mass is 1130 g/mol. The SMILES string of the molecule is C[C@@H](C[C@H](NC(=O)OC(C)(C)C)C(=O)O)C(=O)O.C[C@@H](C[C@H](NC(=O)OC(C)(C)C)C(N)=O)C(N)=O.Clc1nc(Cl)nc(Cl)n1.S.S.S.S.S.S.[C-]#[N+][C@@H](C)C[C@@H](C#N)NC(=O)OC(C)(C)C. The molecule has 6 atom stereocenters. The molecule has 5 amide bonds. The second-order valence-corrected chi connectivity index (χ2v) is 16.9. The molecule has 0 aliphatic carbocycles. The van der Waals surface area contributed by atoms with Gasteiger partial charge < -0.3 is 56.7 Å². The second kappa shape index (κ2) is 40.5. The Morgan fingerprint density at radius 1 is 0.612 bits per heavy atom. The highest BCUT2D eigenvalue weighted by molar-refractivity contribution is 7.60. The van der Waals surface area contributed by atoms with Crippen LogP contribution in [0.5, 0.6) is 0 Å². The summed E-state index contributed by atoms with van der Waals surface area (Å²) in [6, 6.07) is -1.32. The van der Waals surface area contributed by atoms with Gasteiger partial charge in [-0.05, 0) is 110 Å². The molecule has 0 saturated carbocycles. The van der Waals surface area contributed by atoms with E-state index in [-0.39, 0.29) is 116 Å². The second-order valence-electron chi connectivity index (χ2n) is 15.8. The quantitative estimate of drug-likeness (QED) is 0.0939. The summed E-state index contributed by atoms with van der Waals surface area (Å²) in [4.78, 5) is 91.4. The number of carboxylic acid groups (broad SMARTS) is 2. The van der Waals surface area contributed by atoms with Crippen molar-refractivity contribution in [2.24, 2.45) is 23.3 Å². The first-order chi connectivity index (χ1) is 27.5. The minimum absolute atomic E-state index is 0. The molecule has 392 valence electrons. The predicted octanol–water partition coefficient (Wildman–Crippen LogP) is 5.56. The van der Waals surface area contributed by atoms with Gasteiger partial charge in [0, 0.05) is 12.8 Å². The van der Waals surface area contributed by atoms with Crippen molar-refractivity contribution in [3.63, 3.8) is 0 Å². The molecule has 31 heteroatoms. The average Bonchev–Trinajstić information content (AvgIpc) is 3.04. The van der Waals surface area contributed by atoms with E-state index in [0.29, 0.717) is 6.42 Å². The number of ether oxygens (including phenoxy) is 3. The van der Waals surface area contributed by atoms with Crippen molar-refractivity contribution in [2.75, 3.05) is 0 Å². The molecule has 1 rings (SSSR count). The normalized spacial score (nSPS) is 12.4. The van der Waals surface area contributed by atoms with Crippen LogP contribution in [-0.2, 0) is 33.4 Å². The van der Waals surface area contributed by atoms with Crippen molar-refractivity contribution in [1.29, 1.82) is 5.26 Å². The summed E-state index contributed by atoms with van der Waals surface area (Å²) in [5.74, 6) is -5.17. The summed E-state index contributed by atoms with van der Waals surface area (Å²) in [6.07, 6.45) is -2.13. The summed E-state index contributed by atoms with van der Waals surface area (Å²) in [5, 5.41) is 33.3. The number of carbonyl (C=O) groups is 7. The number of alkyl carbamates (subject to hydrolysis) is 3. The van der Waals surface area contributed by atoms with Crippen molar-refractivity contribution in [2.45, 2.75) is 143 Å². The van der Waals surface area contributed by atoms with Gasteiger partial charge in [-0.25, -0.2) is 25.8 Å². The Morgan fingerprint density at radius 3 is 1.18 bits per heavy atom. The summed E-state index contributed by atoms with van der Waals surface area (Å²) in [5.41, 5.74) is 8.21. The minimum Gasteiger partial charge on any atom is -0.481 e. The summed E-state index contributed by atoms with van der Waals surface area (Å²) in [6.45, 7) is 26.6. The highest BCUT2D eigenvalue weighted by Gasteiger charge is 2.28. The molecule has 0 spiro atoms. The molecule has 22 nitrogen and oxygen atoms in total. The van der Waals surface area contributed by atoms with Crippen LogP contribution in [0.25, 0.3) is 4.85 Å². The number of nitrogens with two attached hydrogens (primary N) is 2. The standard InChI is InChI=1S/C11H21N3O4.C11H17N3O2.C11H19NO6.C3Cl3N3.6H2S/c1-6(8(12)15)5-7(9(13)16)14-10(17)18-11(2,3)4;1-8(13-5)6-9(7-12)14-10(15)16-11(2,3)4;1-6(8(13)14)5-7(9(15)16)12-10(17)18-11(2,3)4;4-1-7-2(5)9-3(6)8-1;;;;;;/h6-7H,5H2,1-4H3,(H2,12,15)(H2,13,16)(H,14,17);8-9H,6H2,1-4H3,(H,14,15);6-7H,5H2,1-4H3,(H,12,17)(H,13,14)(H,15,16);;6*1H2/t6-,7-;8-,9-;6-,7-;;;;;;;/m000......./s1. The number of halogens is 3. The van der Waals surface area contributed by atoms with E-state index in [1.165, 1.54) is 6.92 Å². The predicted molar refractivity (Wildman–Crippen MR) is 284 cm³/mol. The summed E-state index contributed by atoms with van der Waals surface area (Å²) < 4.78 is 14.9. The van der Waals surface area contributed by atoms with Crippen molar-refractivity contribution < 1.29 is 58.0 Å². The average molecular weight is 1130 g/mol. The van der Waals surface area contributed by atoms with E-state index in [0.717, 1.165) is 0 Å². The molecule has 9 N–H and O–H groups in total. The molecule has 0 unspecified atom stereocenters. The largest absolute Gasteiger partial charge is 0.481 e. The number of hydrogen-bond acceptors (Lipinski definition) is 14. The number of nitrogens with zero attached hydrogens (tertiary/aromatic N) is 5. The van der Waals surface area contributed by atoms with Gasteiger partial charge in [-0.3, -0.25) is 14.4 Å². The van der Waals surface area contributed by atoms with Gasteiger partial charge in [0.15, 0.2) is 0 Å². The third kappa shape index (κ3) is 50.4. The molecule has 1 heterocycles. The molecule has 0 aliphatic heterocycles. The Hall–Kier alpha value is -3.35. The summed E-state index contributed by atoms with van der Waals surface area (Å²) >= 11 is 16.0. The minimum atomic E-state index is -1.30. The zero-order valence-corrected chi connectivity index (χ0v) is 47.4. The lowest BCUT2D eigenvalue weighted by Crippen LogP contribution is -2.48. The van der Waals surface area contributed by atoms with E-state index in [2.05, 4.69) is 35.7 Å². The van der Waals surface area contributed by atoms with Gasteiger partial charge >= 0.3 is 30.2 Å². The number of carboxylic acids is 2. The van der Waals surface area contributed by atoms with Crippen molar-refractivity contribution in [3.8, 4) is 6.07 Å². The summed E-state index contributed by atoms with van der Waals surface area (Å²) in [7, 11) is 0. The van der Waals surface area contributed by atoms with E-state index in [1.807, 2.05) is 6.07 Å². The highest BCUT2D eigenvalue weighted by atomic mass is 35.5. The van der Waals surface area contributed by atoms with Crippen molar-refractivity contribution in [1.82, 2.24) is 30.9 Å². The number of amides is 5. The van der Waals surface area contributed by atoms with Crippen LogP contribution >= 0.6 is 116 Å². The van der Waals surface area contributed by atoms with Gasteiger partial charge in [-0.1, -0.05) is 13.8 Å². The van der Waals surface area contributed by atoms with Crippen LogP contribution in [0.3, 0.4) is 0 Å². The molecular weight excluding hydrogens is 1060 g/mol. The zero-order valence-electron chi connectivity index (χ0n) is 39.1. The molecule has 0 aromatic carbocycles. The van der Waals surface area contributed by atoms with Crippen LogP contribution < -0.4 is 27.4 Å². The lowest BCUT2D eigenvalue weighted by Gasteiger charge is -2.23. The third-order valence-corrected chi connectivity index (χ3v) is 6.81. The maximum atomic E-state index is 11.5. The fourth-order valence-electron chi connectivity index (χ4n) is 3.58. The maximum absolute atomic E-state index is 11.5. The van der Waals surface area contributed by atoms with Gasteiger partial charge in [0.25, 0.3) is 0 Å². The molecule has 67 heavy (non-hydrogen) atoms. The number of hydrogen-bond donors (Lipinski definition) is 7. The van der Waals surface area contributed by atoms with E-state index < -0.39 is 88.8 Å². The Labute approximate surface area is 449 Å². The van der Waals surface area contributed by atoms with E-state index >= 15 is 0 Å². The highest BCUT2D eigenvalue weighted by Crippen LogP contribution is 2.13. The van der Waals surface area contributed by atoms with Crippen LogP contribution in [0.2, 0.25) is 15.9 Å². The Kier molecular flexibility index (Phi) is 50.6. The smallest absolute Gasteiger partial charge is 0.408 e. The van der Waals surface area contributed by atoms with Gasteiger partial charge in [0.2, 0.25) is 33.7 Å². The Balaban J connectivity index is -0.0000000947. The molecule has 0 fully saturated rings. The van der Waals surface area contributed by atoms with Gasteiger partial charge in [0.1, 0.15) is 34.9 Å². The van der Waals surface area contributed by atoms with Crippen LogP contribution in [0, 0.1) is 29.7 Å². The Morgan fingerprint density at radius 2 is 0.925 bits per heavy atom. The lowest BCUT2D eigenvalue weighted by molar-refractivity contribution is -0.143. The van der Waals surface area contributed by atoms with Crippen molar-refractivity contribution in [3.05, 3.63) is 27.3 Å². The Bertz CT molecular complexity index is 1630. The molecule has 0 radical (unpaired) electrons. The zero-order chi connectivity index (χ0) is 48.6. The van der Waals surface area contributed by atoms with Gasteiger partial charge in [0.05, 0.1) is 18.4 Å². The van der Waals surface area contributed by atoms with Crippen LogP contribution in [0.1, 0.15) is 102 Å². The van der Waals surface area contributed by atoms with Gasteiger partial charge in [-0.15, -0.1) is 0 Å². The maximum Gasteiger partial charge on any atom is 0.408 e. The van der Waals surface area contributed by atoms with E-state index in [4.69, 9.17) is 82.5 Å². The number of aromatic nitrogens is 3. The fourth-order valence-corrected chi connectivity index (χ4v) is 4.19. The number of rotatable bonds is 13. The number of carbonyl (C=O) groups excluding carboxylic acids is 5. The van der Waals surface area contributed by atoms with Crippen LogP contribution in [0.15, 0.2) is 0 Å². The first kappa shape index (κ1) is 83.6. The number of aliphatic carboxylic acids is 2. The van der Waals surface area contributed by atoms with Gasteiger partial charge in [-0.2, -0.15) is 101 Å². The first-order valence-electron chi connectivity index (χ1n) is 18.0. The number of nitrogens with one attached hydrogen (secondary N) is 3. The first-order valence-corrected chi connectivity index (χ1v) is 19.2. The number of primary amides is 2. The fraction of sp³-hybridized carbons (Fsp3) is 0.667. The van der Waals surface area contributed by atoms with Crippen LogP contribution in [0.4, 0.5) is 14.4 Å². The lowest BCUT2D eigenvalue weighted by atomic mass is 10.0. The molecule has 0 aliphatic rings. The molecule has 1 aromatic rings. The van der Waals surface area contributed by atoms with Crippen LogP contribution in [-0.4, -0.2) is 108 Å². The van der Waals surface area contributed by atoms with E-state index in [1.54, 1.807) is 76.2 Å². The topological polar surface area (TPSA) is 343 Å². The molecule has 0 saturated heterocycles. The molecule has 1 aromatic heterocycles. The third-order valence-electron chi connectivity index (χ3n) is 6.31. The molecule has 0 bridgehead atoms. The van der Waals surface area contributed by atoms with E-state index in [9.17, 15) is 33.6 Å². The number of nitriles is 1. The molecular formula is C36H69Cl3N10O12S6.